The molecule has 0 fully saturated rings. The summed E-state index contributed by atoms with van der Waals surface area (Å²) in [5.74, 6) is -0.132. The van der Waals surface area contributed by atoms with Gasteiger partial charge in [0.05, 0.1) is 12.2 Å². The normalized spacial score (nSPS) is 10.0. The van der Waals surface area contributed by atoms with Crippen LogP contribution >= 0.6 is 15.9 Å². The van der Waals surface area contributed by atoms with Gasteiger partial charge in [0, 0.05) is 10.2 Å². The number of carbonyl (C=O) groups is 2. The Morgan fingerprint density at radius 2 is 1.87 bits per heavy atom. The molecule has 120 valence electrons. The Hall–Kier alpha value is -2.34. The van der Waals surface area contributed by atoms with Crippen molar-refractivity contribution in [3.05, 3.63) is 58.6 Å². The molecule has 0 saturated carbocycles. The second kappa shape index (κ2) is 8.33. The highest BCUT2D eigenvalue weighted by atomic mass is 79.9. The number of ether oxygens (including phenoxy) is 2. The number of halogens is 1. The average molecular weight is 378 g/mol. The van der Waals surface area contributed by atoms with Crippen LogP contribution in [-0.2, 0) is 9.53 Å². The minimum absolute atomic E-state index is 0.120. The highest BCUT2D eigenvalue weighted by molar-refractivity contribution is 9.10. The largest absolute Gasteiger partial charge is 0.484 e. The molecule has 0 aliphatic rings. The van der Waals surface area contributed by atoms with E-state index in [0.717, 1.165) is 4.47 Å². The van der Waals surface area contributed by atoms with Crippen molar-refractivity contribution in [3.8, 4) is 5.75 Å². The first kappa shape index (κ1) is 17.0. The number of anilines is 1. The Morgan fingerprint density at radius 3 is 2.57 bits per heavy atom. The summed E-state index contributed by atoms with van der Waals surface area (Å²) in [5, 5.41) is 2.68. The molecule has 23 heavy (non-hydrogen) atoms. The molecule has 2 aromatic carbocycles. The lowest BCUT2D eigenvalue weighted by Gasteiger charge is -2.09. The van der Waals surface area contributed by atoms with Gasteiger partial charge in [-0.15, -0.1) is 0 Å². The zero-order chi connectivity index (χ0) is 16.7. The standard InChI is InChI=1S/C17H16BrNO4/c1-2-22-17(21)12-4-3-5-14(10-12)19-16(20)11-23-15-8-6-13(18)7-9-15/h3-10H,2,11H2,1H3,(H,19,20). The Labute approximate surface area is 142 Å². The van der Waals surface area contributed by atoms with Crippen LogP contribution in [0.2, 0.25) is 0 Å². The third-order valence-corrected chi connectivity index (χ3v) is 3.37. The number of rotatable bonds is 6. The quantitative estimate of drug-likeness (QED) is 0.780. The molecule has 0 radical (unpaired) electrons. The maximum Gasteiger partial charge on any atom is 0.338 e. The molecule has 0 unspecified atom stereocenters. The number of amides is 1. The lowest BCUT2D eigenvalue weighted by atomic mass is 10.2. The van der Waals surface area contributed by atoms with Crippen molar-refractivity contribution < 1.29 is 19.1 Å². The van der Waals surface area contributed by atoms with Crippen LogP contribution in [0.15, 0.2) is 53.0 Å². The van der Waals surface area contributed by atoms with E-state index in [4.69, 9.17) is 9.47 Å². The predicted molar refractivity (Wildman–Crippen MR) is 90.7 cm³/mol. The van der Waals surface area contributed by atoms with Crippen molar-refractivity contribution in [2.75, 3.05) is 18.5 Å². The molecule has 5 nitrogen and oxygen atoms in total. The maximum atomic E-state index is 11.9. The monoisotopic (exact) mass is 377 g/mol. The molecule has 2 rings (SSSR count). The van der Waals surface area contributed by atoms with Gasteiger partial charge in [-0.2, -0.15) is 0 Å². The smallest absolute Gasteiger partial charge is 0.338 e. The first-order valence-corrected chi connectivity index (χ1v) is 7.83. The van der Waals surface area contributed by atoms with Gasteiger partial charge in [-0.25, -0.2) is 4.79 Å². The summed E-state index contributed by atoms with van der Waals surface area (Å²) in [7, 11) is 0. The Kier molecular flexibility index (Phi) is 6.17. The van der Waals surface area contributed by atoms with E-state index < -0.39 is 5.97 Å². The number of hydrogen-bond acceptors (Lipinski definition) is 4. The number of nitrogens with one attached hydrogen (secondary N) is 1. The molecule has 0 heterocycles. The second-order valence-corrected chi connectivity index (χ2v) is 5.51. The summed E-state index contributed by atoms with van der Waals surface area (Å²) in [6.07, 6.45) is 0. The lowest BCUT2D eigenvalue weighted by molar-refractivity contribution is -0.118. The first-order chi connectivity index (χ1) is 11.1. The van der Waals surface area contributed by atoms with E-state index in [0.29, 0.717) is 23.6 Å². The van der Waals surface area contributed by atoms with E-state index in [1.807, 2.05) is 12.1 Å². The number of hydrogen-bond donors (Lipinski definition) is 1. The third-order valence-electron chi connectivity index (χ3n) is 2.84. The molecule has 0 aliphatic carbocycles. The topological polar surface area (TPSA) is 64.6 Å². The molecule has 0 atom stereocenters. The fourth-order valence-corrected chi connectivity index (χ4v) is 2.08. The van der Waals surface area contributed by atoms with Crippen molar-refractivity contribution in [1.82, 2.24) is 0 Å². The summed E-state index contributed by atoms with van der Waals surface area (Å²) in [6, 6.07) is 13.8. The van der Waals surface area contributed by atoms with E-state index >= 15 is 0 Å². The SMILES string of the molecule is CCOC(=O)c1cccc(NC(=O)COc2ccc(Br)cc2)c1. The lowest BCUT2D eigenvalue weighted by Crippen LogP contribution is -2.20. The third kappa shape index (κ3) is 5.41. The molecule has 0 aromatic heterocycles. The molecule has 1 amide bonds. The zero-order valence-corrected chi connectivity index (χ0v) is 14.1. The van der Waals surface area contributed by atoms with Crippen LogP contribution in [0.3, 0.4) is 0 Å². The van der Waals surface area contributed by atoms with Crippen LogP contribution in [0.25, 0.3) is 0 Å². The Bertz CT molecular complexity index is 685. The summed E-state index contributed by atoms with van der Waals surface area (Å²) >= 11 is 3.33. The first-order valence-electron chi connectivity index (χ1n) is 7.04. The molecule has 0 aliphatic heterocycles. The Balaban J connectivity index is 1.91. The zero-order valence-electron chi connectivity index (χ0n) is 12.5. The van der Waals surface area contributed by atoms with Crippen molar-refractivity contribution in [3.63, 3.8) is 0 Å². The van der Waals surface area contributed by atoms with E-state index in [9.17, 15) is 9.59 Å². The average Bonchev–Trinajstić information content (AvgIpc) is 2.55. The van der Waals surface area contributed by atoms with Gasteiger partial charge < -0.3 is 14.8 Å². The summed E-state index contributed by atoms with van der Waals surface area (Å²) in [5.41, 5.74) is 0.901. The second-order valence-electron chi connectivity index (χ2n) is 4.59. The predicted octanol–water partition coefficient (Wildman–Crippen LogP) is 3.64. The molecule has 2 aromatic rings. The highest BCUT2D eigenvalue weighted by Gasteiger charge is 2.09. The van der Waals surface area contributed by atoms with Gasteiger partial charge in [-0.05, 0) is 49.4 Å². The number of carbonyl (C=O) groups excluding carboxylic acids is 2. The van der Waals surface area contributed by atoms with Gasteiger partial charge in [-0.1, -0.05) is 22.0 Å². The summed E-state index contributed by atoms with van der Waals surface area (Å²) < 4.78 is 11.2. The summed E-state index contributed by atoms with van der Waals surface area (Å²) in [6.45, 7) is 1.92. The van der Waals surface area contributed by atoms with Crippen molar-refractivity contribution in [2.45, 2.75) is 6.92 Å². The van der Waals surface area contributed by atoms with Crippen LogP contribution < -0.4 is 10.1 Å². The highest BCUT2D eigenvalue weighted by Crippen LogP contribution is 2.16. The van der Waals surface area contributed by atoms with Gasteiger partial charge in [0.15, 0.2) is 6.61 Å². The van der Waals surface area contributed by atoms with Crippen molar-refractivity contribution in [1.29, 1.82) is 0 Å². The van der Waals surface area contributed by atoms with Crippen molar-refractivity contribution >= 4 is 33.5 Å². The van der Waals surface area contributed by atoms with Crippen LogP contribution in [-0.4, -0.2) is 25.1 Å². The minimum Gasteiger partial charge on any atom is -0.484 e. The van der Waals surface area contributed by atoms with E-state index in [-0.39, 0.29) is 12.5 Å². The van der Waals surface area contributed by atoms with Gasteiger partial charge in [-0.3, -0.25) is 4.79 Å². The number of benzene rings is 2. The van der Waals surface area contributed by atoms with Gasteiger partial charge >= 0.3 is 5.97 Å². The summed E-state index contributed by atoms with van der Waals surface area (Å²) in [4.78, 5) is 23.6. The molecule has 1 N–H and O–H groups in total. The minimum atomic E-state index is -0.422. The van der Waals surface area contributed by atoms with Crippen molar-refractivity contribution in [2.24, 2.45) is 0 Å². The number of esters is 1. The molecular formula is C17H16BrNO4. The van der Waals surface area contributed by atoms with Crippen LogP contribution in [0.1, 0.15) is 17.3 Å². The van der Waals surface area contributed by atoms with Gasteiger partial charge in [0.1, 0.15) is 5.75 Å². The van der Waals surface area contributed by atoms with Crippen LogP contribution in [0.4, 0.5) is 5.69 Å². The van der Waals surface area contributed by atoms with Crippen LogP contribution in [0, 0.1) is 0 Å². The molecule has 6 heteroatoms. The maximum absolute atomic E-state index is 11.9. The molecular weight excluding hydrogens is 362 g/mol. The molecule has 0 saturated heterocycles. The van der Waals surface area contributed by atoms with Gasteiger partial charge in [0.25, 0.3) is 5.91 Å². The fraction of sp³-hybridized carbons (Fsp3) is 0.176. The van der Waals surface area contributed by atoms with E-state index in [1.54, 1.807) is 43.3 Å². The molecule has 0 spiro atoms. The Morgan fingerprint density at radius 1 is 1.13 bits per heavy atom. The van der Waals surface area contributed by atoms with E-state index in [2.05, 4.69) is 21.2 Å². The molecule has 0 bridgehead atoms. The van der Waals surface area contributed by atoms with E-state index in [1.165, 1.54) is 0 Å². The van der Waals surface area contributed by atoms with Gasteiger partial charge in [0.2, 0.25) is 0 Å². The fourth-order valence-electron chi connectivity index (χ4n) is 1.82. The van der Waals surface area contributed by atoms with Crippen LogP contribution in [0.5, 0.6) is 5.75 Å².